The standard InChI is InChI=1S/C17H16N2OS/c18-9-3-6-14-8-11-21-16(14)17(20)19-10-7-13-4-1-2-5-15(13)12-19/h1-2,4-5,8,11H,7,9-10,12,18H2. The monoisotopic (exact) mass is 296 g/mol. The highest BCUT2D eigenvalue weighted by Crippen LogP contribution is 2.23. The van der Waals surface area contributed by atoms with Crippen LogP contribution in [0.1, 0.15) is 26.4 Å². The van der Waals surface area contributed by atoms with Crippen LogP contribution in [0.4, 0.5) is 0 Å². The quantitative estimate of drug-likeness (QED) is 0.821. The van der Waals surface area contributed by atoms with Gasteiger partial charge in [-0.3, -0.25) is 4.79 Å². The van der Waals surface area contributed by atoms with Crippen LogP contribution < -0.4 is 5.73 Å². The van der Waals surface area contributed by atoms with Gasteiger partial charge in [0.2, 0.25) is 0 Å². The van der Waals surface area contributed by atoms with E-state index in [0.29, 0.717) is 13.1 Å². The first-order valence-electron chi connectivity index (χ1n) is 6.92. The van der Waals surface area contributed by atoms with Crippen molar-refractivity contribution in [1.82, 2.24) is 4.90 Å². The Bertz CT molecular complexity index is 724. The number of nitrogens with zero attached hydrogens (tertiary/aromatic N) is 1. The molecule has 1 aromatic carbocycles. The Morgan fingerprint density at radius 1 is 1.29 bits per heavy atom. The molecule has 0 radical (unpaired) electrons. The van der Waals surface area contributed by atoms with Gasteiger partial charge in [-0.25, -0.2) is 0 Å². The van der Waals surface area contributed by atoms with Crippen LogP contribution in [0.25, 0.3) is 0 Å². The summed E-state index contributed by atoms with van der Waals surface area (Å²) in [6.07, 6.45) is 0.914. The molecule has 1 amide bonds. The molecule has 0 aliphatic carbocycles. The maximum absolute atomic E-state index is 12.7. The molecule has 21 heavy (non-hydrogen) atoms. The molecule has 2 N–H and O–H groups in total. The van der Waals surface area contributed by atoms with Crippen LogP contribution in [0.3, 0.4) is 0 Å². The number of amides is 1. The van der Waals surface area contributed by atoms with E-state index in [1.54, 1.807) is 0 Å². The molecule has 0 unspecified atom stereocenters. The minimum absolute atomic E-state index is 0.0702. The lowest BCUT2D eigenvalue weighted by atomic mass is 10.00. The lowest BCUT2D eigenvalue weighted by molar-refractivity contribution is 0.0739. The maximum atomic E-state index is 12.7. The van der Waals surface area contributed by atoms with Gasteiger partial charge in [0.15, 0.2) is 0 Å². The molecule has 0 bridgehead atoms. The summed E-state index contributed by atoms with van der Waals surface area (Å²) in [7, 11) is 0. The number of carbonyl (C=O) groups excluding carboxylic acids is 1. The van der Waals surface area contributed by atoms with Crippen LogP contribution in [0, 0.1) is 11.8 Å². The molecule has 0 atom stereocenters. The Labute approximate surface area is 128 Å². The first-order chi connectivity index (χ1) is 10.3. The van der Waals surface area contributed by atoms with Crippen molar-refractivity contribution in [3.05, 3.63) is 57.3 Å². The van der Waals surface area contributed by atoms with Crippen molar-refractivity contribution in [2.75, 3.05) is 13.1 Å². The third-order valence-electron chi connectivity index (χ3n) is 3.60. The Morgan fingerprint density at radius 2 is 2.10 bits per heavy atom. The van der Waals surface area contributed by atoms with Gasteiger partial charge in [0.1, 0.15) is 4.88 Å². The number of thiophene rings is 1. The summed E-state index contributed by atoms with van der Waals surface area (Å²) in [5, 5.41) is 1.91. The van der Waals surface area contributed by atoms with Crippen molar-refractivity contribution in [1.29, 1.82) is 0 Å². The lowest BCUT2D eigenvalue weighted by Gasteiger charge is -2.28. The van der Waals surface area contributed by atoms with Gasteiger partial charge in [0.25, 0.3) is 5.91 Å². The second-order valence-corrected chi connectivity index (χ2v) is 5.83. The number of nitrogens with two attached hydrogens (primary N) is 1. The average molecular weight is 296 g/mol. The number of fused-ring (bicyclic) bond motifs is 1. The topological polar surface area (TPSA) is 46.3 Å². The van der Waals surface area contributed by atoms with Crippen LogP contribution in [-0.4, -0.2) is 23.9 Å². The summed E-state index contributed by atoms with van der Waals surface area (Å²) in [6.45, 7) is 1.74. The summed E-state index contributed by atoms with van der Waals surface area (Å²) in [6, 6.07) is 10.2. The van der Waals surface area contributed by atoms with Gasteiger partial charge in [0.05, 0.1) is 6.54 Å². The predicted octanol–water partition coefficient (Wildman–Crippen LogP) is 2.26. The van der Waals surface area contributed by atoms with E-state index in [4.69, 9.17) is 5.73 Å². The zero-order chi connectivity index (χ0) is 14.7. The smallest absolute Gasteiger partial charge is 0.265 e. The van der Waals surface area contributed by atoms with Crippen LogP contribution in [0.15, 0.2) is 35.7 Å². The molecule has 1 aromatic heterocycles. The molecule has 0 spiro atoms. The van der Waals surface area contributed by atoms with Crippen molar-refractivity contribution in [3.8, 4) is 11.8 Å². The number of rotatable bonds is 1. The number of hydrogen-bond acceptors (Lipinski definition) is 3. The van der Waals surface area contributed by atoms with Gasteiger partial charge in [-0.1, -0.05) is 36.1 Å². The van der Waals surface area contributed by atoms with Gasteiger partial charge in [0, 0.05) is 18.7 Å². The fourth-order valence-corrected chi connectivity index (χ4v) is 3.35. The van der Waals surface area contributed by atoms with Crippen LogP contribution in [0.5, 0.6) is 0 Å². The third kappa shape index (κ3) is 2.85. The fraction of sp³-hybridized carbons (Fsp3) is 0.235. The Morgan fingerprint density at radius 3 is 2.90 bits per heavy atom. The van der Waals surface area contributed by atoms with Crippen LogP contribution in [-0.2, 0) is 13.0 Å². The Hall–Kier alpha value is -2.09. The molecular formula is C17H16N2OS. The second-order valence-electron chi connectivity index (χ2n) is 4.91. The van der Waals surface area contributed by atoms with Gasteiger partial charge >= 0.3 is 0 Å². The average Bonchev–Trinajstić information content (AvgIpc) is 3.00. The molecule has 0 fully saturated rings. The molecule has 2 aromatic rings. The summed E-state index contributed by atoms with van der Waals surface area (Å²) in [4.78, 5) is 15.3. The van der Waals surface area contributed by atoms with Crippen LogP contribution in [0.2, 0.25) is 0 Å². The molecule has 0 saturated heterocycles. The molecule has 1 aliphatic heterocycles. The van der Waals surface area contributed by atoms with Crippen molar-refractivity contribution in [3.63, 3.8) is 0 Å². The van der Waals surface area contributed by atoms with Gasteiger partial charge < -0.3 is 10.6 Å². The summed E-state index contributed by atoms with van der Waals surface area (Å²) >= 11 is 1.45. The summed E-state index contributed by atoms with van der Waals surface area (Å²) in [5.74, 6) is 5.87. The number of carbonyl (C=O) groups is 1. The normalized spacial score (nSPS) is 13.3. The minimum atomic E-state index is 0.0702. The predicted molar refractivity (Wildman–Crippen MR) is 85.1 cm³/mol. The molecule has 106 valence electrons. The highest BCUT2D eigenvalue weighted by molar-refractivity contribution is 7.12. The zero-order valence-corrected chi connectivity index (χ0v) is 12.5. The SMILES string of the molecule is NCC#Cc1ccsc1C(=O)N1CCc2ccccc2C1. The lowest BCUT2D eigenvalue weighted by Crippen LogP contribution is -2.35. The Kier molecular flexibility index (Phi) is 4.05. The fourth-order valence-electron chi connectivity index (χ4n) is 2.53. The van der Waals surface area contributed by atoms with Crippen LogP contribution >= 0.6 is 11.3 Å². The molecule has 3 rings (SSSR count). The van der Waals surface area contributed by atoms with E-state index in [0.717, 1.165) is 23.4 Å². The van der Waals surface area contributed by atoms with E-state index in [1.807, 2.05) is 22.4 Å². The zero-order valence-electron chi connectivity index (χ0n) is 11.6. The van der Waals surface area contributed by atoms with Gasteiger partial charge in [-0.05, 0) is 29.0 Å². The van der Waals surface area contributed by atoms with E-state index >= 15 is 0 Å². The van der Waals surface area contributed by atoms with Crippen molar-refractivity contribution in [2.24, 2.45) is 5.73 Å². The molecule has 4 heteroatoms. The van der Waals surface area contributed by atoms with Crippen molar-refractivity contribution in [2.45, 2.75) is 13.0 Å². The molecule has 1 aliphatic rings. The molecule has 2 heterocycles. The maximum Gasteiger partial charge on any atom is 0.265 e. The van der Waals surface area contributed by atoms with E-state index in [2.05, 4.69) is 30.0 Å². The second kappa shape index (κ2) is 6.13. The Balaban J connectivity index is 1.83. The summed E-state index contributed by atoms with van der Waals surface area (Å²) < 4.78 is 0. The molecule has 3 nitrogen and oxygen atoms in total. The van der Waals surface area contributed by atoms with E-state index in [1.165, 1.54) is 22.5 Å². The van der Waals surface area contributed by atoms with E-state index < -0.39 is 0 Å². The highest BCUT2D eigenvalue weighted by atomic mass is 32.1. The number of benzene rings is 1. The third-order valence-corrected chi connectivity index (χ3v) is 4.50. The van der Waals surface area contributed by atoms with E-state index in [-0.39, 0.29) is 5.91 Å². The van der Waals surface area contributed by atoms with Gasteiger partial charge in [-0.2, -0.15) is 0 Å². The van der Waals surface area contributed by atoms with Crippen molar-refractivity contribution < 1.29 is 4.79 Å². The highest BCUT2D eigenvalue weighted by Gasteiger charge is 2.23. The van der Waals surface area contributed by atoms with Gasteiger partial charge in [-0.15, -0.1) is 11.3 Å². The largest absolute Gasteiger partial charge is 0.333 e. The van der Waals surface area contributed by atoms with E-state index in [9.17, 15) is 4.79 Å². The summed E-state index contributed by atoms with van der Waals surface area (Å²) in [5.41, 5.74) is 8.77. The number of hydrogen-bond donors (Lipinski definition) is 1. The minimum Gasteiger partial charge on any atom is -0.333 e. The first-order valence-corrected chi connectivity index (χ1v) is 7.80. The molecular weight excluding hydrogens is 280 g/mol. The molecule has 0 saturated carbocycles. The first kappa shape index (κ1) is 13.9. The van der Waals surface area contributed by atoms with Crippen molar-refractivity contribution >= 4 is 17.2 Å².